The standard InChI is InChI=1S/C26H31N3O4S/c1-15(2)11-17-12-18-16(13-20(17)32-6)7-9-29-19(22(30)33-25(3,4)5)14-26(21(18)29,23(27)31)24-28-8-10-34-24/h8,10-14,21H,7,9H2,1-6H3,(H2,27,31). The van der Waals surface area contributed by atoms with Crippen LogP contribution in [-0.2, 0) is 26.2 Å². The highest BCUT2D eigenvalue weighted by Crippen LogP contribution is 2.53. The first-order chi connectivity index (χ1) is 16.0. The van der Waals surface area contributed by atoms with Gasteiger partial charge in [-0.15, -0.1) is 11.3 Å². The van der Waals surface area contributed by atoms with E-state index in [1.165, 1.54) is 11.3 Å². The van der Waals surface area contributed by atoms with E-state index in [1.54, 1.807) is 19.4 Å². The number of hydrogen-bond donors (Lipinski definition) is 1. The number of amides is 1. The van der Waals surface area contributed by atoms with E-state index >= 15 is 0 Å². The maximum absolute atomic E-state index is 13.3. The summed E-state index contributed by atoms with van der Waals surface area (Å²) >= 11 is 1.36. The van der Waals surface area contributed by atoms with Gasteiger partial charge in [0.2, 0.25) is 5.91 Å². The molecule has 7 nitrogen and oxygen atoms in total. The third kappa shape index (κ3) is 4.00. The van der Waals surface area contributed by atoms with Crippen molar-refractivity contribution in [2.75, 3.05) is 13.7 Å². The minimum atomic E-state index is -1.30. The maximum Gasteiger partial charge on any atom is 0.354 e. The number of fused-ring (bicyclic) bond motifs is 3. The Balaban J connectivity index is 1.96. The Morgan fingerprint density at radius 1 is 1.29 bits per heavy atom. The van der Waals surface area contributed by atoms with Crippen molar-refractivity contribution in [3.63, 3.8) is 0 Å². The quantitative estimate of drug-likeness (QED) is 0.645. The van der Waals surface area contributed by atoms with Crippen LogP contribution in [0.3, 0.4) is 0 Å². The van der Waals surface area contributed by atoms with Crippen LogP contribution >= 0.6 is 11.3 Å². The molecule has 8 heteroatoms. The van der Waals surface area contributed by atoms with Crippen LogP contribution in [-0.4, -0.2) is 41.0 Å². The molecule has 1 aromatic heterocycles. The molecular formula is C26H31N3O4S. The molecule has 1 amide bonds. The van der Waals surface area contributed by atoms with E-state index in [0.717, 1.165) is 28.0 Å². The van der Waals surface area contributed by atoms with E-state index in [2.05, 4.69) is 11.1 Å². The summed E-state index contributed by atoms with van der Waals surface area (Å²) in [6.45, 7) is 10.0. The van der Waals surface area contributed by atoms with Crippen LogP contribution in [0.25, 0.3) is 6.08 Å². The highest BCUT2D eigenvalue weighted by atomic mass is 32.1. The average Bonchev–Trinajstić information content (AvgIpc) is 3.38. The van der Waals surface area contributed by atoms with E-state index in [1.807, 2.05) is 57.0 Å². The van der Waals surface area contributed by atoms with Crippen LogP contribution in [0, 0.1) is 0 Å². The summed E-state index contributed by atoms with van der Waals surface area (Å²) in [5.41, 5.74) is 8.51. The Hall–Kier alpha value is -3.13. The Morgan fingerprint density at radius 2 is 2.03 bits per heavy atom. The summed E-state index contributed by atoms with van der Waals surface area (Å²) in [6, 6.07) is 3.56. The SMILES string of the molecule is COc1cc2c(cc1C=C(C)C)C1N(CC2)C(C(=O)OC(C)(C)C)=CC1(C(N)=O)c1nccs1. The molecule has 2 aliphatic rings. The maximum atomic E-state index is 13.3. The van der Waals surface area contributed by atoms with Gasteiger partial charge in [0.15, 0.2) is 0 Å². The van der Waals surface area contributed by atoms with Gasteiger partial charge >= 0.3 is 5.97 Å². The van der Waals surface area contributed by atoms with E-state index in [9.17, 15) is 9.59 Å². The van der Waals surface area contributed by atoms with Crippen molar-refractivity contribution >= 4 is 29.3 Å². The second-order valence-corrected chi connectivity index (χ2v) is 10.9. The molecule has 0 saturated carbocycles. The molecule has 0 bridgehead atoms. The summed E-state index contributed by atoms with van der Waals surface area (Å²) in [4.78, 5) is 33.0. The Labute approximate surface area is 204 Å². The van der Waals surface area contributed by atoms with Crippen molar-refractivity contribution in [1.29, 1.82) is 0 Å². The normalized spacial score (nSPS) is 21.3. The Morgan fingerprint density at radius 3 is 2.59 bits per heavy atom. The smallest absolute Gasteiger partial charge is 0.354 e. The minimum Gasteiger partial charge on any atom is -0.496 e. The average molecular weight is 482 g/mol. The van der Waals surface area contributed by atoms with Crippen LogP contribution in [0.2, 0.25) is 0 Å². The first kappa shape index (κ1) is 24.0. The van der Waals surface area contributed by atoms with Gasteiger partial charge in [0, 0.05) is 23.7 Å². The molecule has 2 N–H and O–H groups in total. The Kier molecular flexibility index (Phi) is 6.06. The summed E-state index contributed by atoms with van der Waals surface area (Å²) < 4.78 is 11.4. The first-order valence-electron chi connectivity index (χ1n) is 11.3. The van der Waals surface area contributed by atoms with Gasteiger partial charge in [0.1, 0.15) is 27.5 Å². The van der Waals surface area contributed by atoms with Gasteiger partial charge in [-0.2, -0.15) is 0 Å². The molecule has 0 aliphatic carbocycles. The fraction of sp³-hybridized carbons (Fsp3) is 0.423. The number of carbonyl (C=O) groups is 2. The summed E-state index contributed by atoms with van der Waals surface area (Å²) in [6.07, 6.45) is 6.06. The van der Waals surface area contributed by atoms with E-state index in [-0.39, 0.29) is 0 Å². The van der Waals surface area contributed by atoms with Gasteiger partial charge in [-0.05, 0) is 70.4 Å². The molecule has 2 aromatic rings. The number of primary amides is 1. The van der Waals surface area contributed by atoms with Crippen LogP contribution < -0.4 is 10.5 Å². The molecule has 0 spiro atoms. The lowest BCUT2D eigenvalue weighted by atomic mass is 9.74. The number of thiazole rings is 1. The molecule has 180 valence electrons. The van der Waals surface area contributed by atoms with Crippen molar-refractivity contribution in [3.8, 4) is 5.75 Å². The first-order valence-corrected chi connectivity index (χ1v) is 12.1. The summed E-state index contributed by atoms with van der Waals surface area (Å²) in [7, 11) is 1.65. The molecule has 2 unspecified atom stereocenters. The van der Waals surface area contributed by atoms with Crippen molar-refractivity contribution in [2.24, 2.45) is 5.73 Å². The zero-order chi connectivity index (χ0) is 24.8. The molecule has 34 heavy (non-hydrogen) atoms. The van der Waals surface area contributed by atoms with Crippen LogP contribution in [0.1, 0.15) is 62.4 Å². The molecule has 0 saturated heterocycles. The lowest BCUT2D eigenvalue weighted by molar-refractivity contribution is -0.152. The molecule has 0 fully saturated rings. The van der Waals surface area contributed by atoms with Crippen LogP contribution in [0.15, 0.2) is 41.1 Å². The van der Waals surface area contributed by atoms with Crippen LogP contribution in [0.4, 0.5) is 0 Å². The number of nitrogens with zero attached hydrogens (tertiary/aromatic N) is 2. The fourth-order valence-corrected chi connectivity index (χ4v) is 5.66. The lowest BCUT2D eigenvalue weighted by Crippen LogP contribution is -2.49. The predicted molar refractivity (Wildman–Crippen MR) is 132 cm³/mol. The van der Waals surface area contributed by atoms with Gasteiger partial charge in [0.05, 0.1) is 13.2 Å². The zero-order valence-electron chi connectivity index (χ0n) is 20.5. The third-order valence-corrected chi connectivity index (χ3v) is 7.00. The predicted octanol–water partition coefficient (Wildman–Crippen LogP) is 4.14. The number of carbonyl (C=O) groups excluding carboxylic acids is 2. The number of hydrogen-bond acceptors (Lipinski definition) is 7. The molecule has 4 rings (SSSR count). The number of allylic oxidation sites excluding steroid dienone is 1. The largest absolute Gasteiger partial charge is 0.496 e. The number of ether oxygens (including phenoxy) is 2. The topological polar surface area (TPSA) is 94.7 Å². The monoisotopic (exact) mass is 481 g/mol. The van der Waals surface area contributed by atoms with Gasteiger partial charge < -0.3 is 20.1 Å². The highest BCUT2D eigenvalue weighted by Gasteiger charge is 2.58. The second-order valence-electron chi connectivity index (χ2n) is 9.96. The molecular weight excluding hydrogens is 450 g/mol. The Bertz CT molecular complexity index is 1190. The number of esters is 1. The molecule has 1 aromatic carbocycles. The molecule has 2 aliphatic heterocycles. The second kappa shape index (κ2) is 8.58. The van der Waals surface area contributed by atoms with Crippen molar-refractivity contribution in [3.05, 3.63) is 62.8 Å². The molecule has 3 heterocycles. The number of benzene rings is 1. The minimum absolute atomic E-state index is 0.346. The van der Waals surface area contributed by atoms with Crippen molar-refractivity contribution in [2.45, 2.75) is 58.1 Å². The lowest BCUT2D eigenvalue weighted by Gasteiger charge is -2.41. The molecule has 2 atom stereocenters. The van der Waals surface area contributed by atoms with Gasteiger partial charge in [-0.1, -0.05) is 11.6 Å². The fourth-order valence-electron chi connectivity index (χ4n) is 4.82. The van der Waals surface area contributed by atoms with Gasteiger partial charge in [0.25, 0.3) is 0 Å². The van der Waals surface area contributed by atoms with Gasteiger partial charge in [-0.3, -0.25) is 4.79 Å². The number of aromatic nitrogens is 1. The van der Waals surface area contributed by atoms with Crippen molar-refractivity contribution < 1.29 is 19.1 Å². The highest BCUT2D eigenvalue weighted by molar-refractivity contribution is 7.09. The van der Waals surface area contributed by atoms with E-state index in [0.29, 0.717) is 23.7 Å². The number of nitrogens with two attached hydrogens (primary N) is 1. The van der Waals surface area contributed by atoms with E-state index in [4.69, 9.17) is 15.2 Å². The third-order valence-electron chi connectivity index (χ3n) is 6.07. The zero-order valence-corrected chi connectivity index (χ0v) is 21.3. The summed E-state index contributed by atoms with van der Waals surface area (Å²) in [5, 5.41) is 2.37. The van der Waals surface area contributed by atoms with Gasteiger partial charge in [-0.25, -0.2) is 9.78 Å². The molecule has 0 radical (unpaired) electrons. The van der Waals surface area contributed by atoms with Crippen molar-refractivity contribution in [1.82, 2.24) is 9.88 Å². The van der Waals surface area contributed by atoms with Crippen LogP contribution in [0.5, 0.6) is 5.75 Å². The number of rotatable bonds is 5. The van der Waals surface area contributed by atoms with E-state index < -0.39 is 28.9 Å². The number of methoxy groups -OCH3 is 1. The summed E-state index contributed by atoms with van der Waals surface area (Å²) in [5.74, 6) is -0.257.